The number of hydrogen-bond donors (Lipinski definition) is 0. The molecule has 0 spiro atoms. The summed E-state index contributed by atoms with van der Waals surface area (Å²) in [6.45, 7) is 3.82. The average molecular weight is 327 g/mol. The number of benzene rings is 1. The standard InChI is InChI=1S/C18H21N3O3/c1-12-10-15(20(2)19-12)18(22)21-7-3-4-14(21)13-5-6-16-17(11-13)24-9-8-23-16/h5-6,10-11,14H,3-4,7-9H2,1-2H3/t14-/m1/s1. The Hall–Kier alpha value is -2.50. The Balaban J connectivity index is 1.63. The van der Waals surface area contributed by atoms with E-state index in [4.69, 9.17) is 9.47 Å². The van der Waals surface area contributed by atoms with Gasteiger partial charge < -0.3 is 14.4 Å². The van der Waals surface area contributed by atoms with Crippen molar-refractivity contribution in [3.8, 4) is 11.5 Å². The van der Waals surface area contributed by atoms with Crippen LogP contribution in [0.4, 0.5) is 0 Å². The van der Waals surface area contributed by atoms with Crippen LogP contribution >= 0.6 is 0 Å². The fraction of sp³-hybridized carbons (Fsp3) is 0.444. The number of ether oxygens (including phenoxy) is 2. The predicted molar refractivity (Wildman–Crippen MR) is 88.4 cm³/mol. The van der Waals surface area contributed by atoms with Crippen molar-refractivity contribution < 1.29 is 14.3 Å². The molecule has 6 heteroatoms. The molecule has 0 bridgehead atoms. The maximum Gasteiger partial charge on any atom is 0.272 e. The molecular formula is C18H21N3O3. The zero-order valence-electron chi connectivity index (χ0n) is 14.0. The van der Waals surface area contributed by atoms with Gasteiger partial charge in [-0.25, -0.2) is 0 Å². The molecule has 1 amide bonds. The maximum atomic E-state index is 13.0. The van der Waals surface area contributed by atoms with Gasteiger partial charge in [0.1, 0.15) is 18.9 Å². The normalized spacial score (nSPS) is 19.6. The van der Waals surface area contributed by atoms with Crippen LogP contribution in [0, 0.1) is 6.92 Å². The van der Waals surface area contributed by atoms with Crippen LogP contribution in [0.25, 0.3) is 0 Å². The van der Waals surface area contributed by atoms with Crippen molar-refractivity contribution in [1.29, 1.82) is 0 Å². The largest absolute Gasteiger partial charge is 0.486 e. The van der Waals surface area contributed by atoms with Crippen LogP contribution in [0.1, 0.15) is 40.6 Å². The zero-order chi connectivity index (χ0) is 16.7. The second-order valence-corrected chi connectivity index (χ2v) is 6.35. The first kappa shape index (κ1) is 15.1. The fourth-order valence-electron chi connectivity index (χ4n) is 3.58. The molecule has 1 saturated heterocycles. The van der Waals surface area contributed by atoms with Crippen LogP contribution in [0.2, 0.25) is 0 Å². The molecule has 126 valence electrons. The maximum absolute atomic E-state index is 13.0. The van der Waals surface area contributed by atoms with Crippen LogP contribution in [0.5, 0.6) is 11.5 Å². The zero-order valence-corrected chi connectivity index (χ0v) is 14.0. The van der Waals surface area contributed by atoms with E-state index in [1.165, 1.54) is 0 Å². The number of nitrogens with zero attached hydrogens (tertiary/aromatic N) is 3. The Morgan fingerprint density at radius 2 is 2.00 bits per heavy atom. The number of carbonyl (C=O) groups excluding carboxylic acids is 1. The van der Waals surface area contributed by atoms with Gasteiger partial charge in [-0.2, -0.15) is 5.10 Å². The third-order valence-corrected chi connectivity index (χ3v) is 4.69. The lowest BCUT2D eigenvalue weighted by Crippen LogP contribution is -2.32. The van der Waals surface area contributed by atoms with Crippen LogP contribution in [-0.4, -0.2) is 40.3 Å². The summed E-state index contributed by atoms with van der Waals surface area (Å²) >= 11 is 0. The third kappa shape index (κ3) is 2.52. The summed E-state index contributed by atoms with van der Waals surface area (Å²) in [6.07, 6.45) is 1.96. The molecule has 1 fully saturated rings. The quantitative estimate of drug-likeness (QED) is 0.850. The number of amides is 1. The van der Waals surface area contributed by atoms with Crippen molar-refractivity contribution in [2.45, 2.75) is 25.8 Å². The van der Waals surface area contributed by atoms with Crippen molar-refractivity contribution >= 4 is 5.91 Å². The molecule has 0 N–H and O–H groups in total. The van der Waals surface area contributed by atoms with Crippen LogP contribution in [0.3, 0.4) is 0 Å². The van der Waals surface area contributed by atoms with E-state index < -0.39 is 0 Å². The Morgan fingerprint density at radius 3 is 2.75 bits per heavy atom. The highest BCUT2D eigenvalue weighted by atomic mass is 16.6. The van der Waals surface area contributed by atoms with Crippen LogP contribution in [-0.2, 0) is 7.05 Å². The molecule has 24 heavy (non-hydrogen) atoms. The molecular weight excluding hydrogens is 306 g/mol. The lowest BCUT2D eigenvalue weighted by Gasteiger charge is -2.26. The number of likely N-dealkylation sites (tertiary alicyclic amines) is 1. The van der Waals surface area contributed by atoms with Gasteiger partial charge in [-0.3, -0.25) is 9.48 Å². The van der Waals surface area contributed by atoms with E-state index in [-0.39, 0.29) is 11.9 Å². The fourth-order valence-corrected chi connectivity index (χ4v) is 3.58. The van der Waals surface area contributed by atoms with Gasteiger partial charge >= 0.3 is 0 Å². The van der Waals surface area contributed by atoms with E-state index in [1.807, 2.05) is 43.1 Å². The number of fused-ring (bicyclic) bond motifs is 1. The molecule has 1 aromatic carbocycles. The lowest BCUT2D eigenvalue weighted by molar-refractivity contribution is 0.0724. The van der Waals surface area contributed by atoms with Gasteiger partial charge in [0.05, 0.1) is 11.7 Å². The van der Waals surface area contributed by atoms with Gasteiger partial charge in [-0.15, -0.1) is 0 Å². The molecule has 6 nitrogen and oxygen atoms in total. The Kier molecular flexibility index (Phi) is 3.67. The monoisotopic (exact) mass is 327 g/mol. The molecule has 0 unspecified atom stereocenters. The van der Waals surface area contributed by atoms with E-state index >= 15 is 0 Å². The predicted octanol–water partition coefficient (Wildman–Crippen LogP) is 2.48. The minimum Gasteiger partial charge on any atom is -0.486 e. The minimum absolute atomic E-state index is 0.0375. The number of hydrogen-bond acceptors (Lipinski definition) is 4. The Morgan fingerprint density at radius 1 is 1.21 bits per heavy atom. The molecule has 3 heterocycles. The van der Waals surface area contributed by atoms with Crippen molar-refractivity contribution in [1.82, 2.24) is 14.7 Å². The molecule has 2 aliphatic rings. The highest BCUT2D eigenvalue weighted by Gasteiger charge is 2.32. The van der Waals surface area contributed by atoms with Gasteiger partial charge in [0.2, 0.25) is 0 Å². The topological polar surface area (TPSA) is 56.6 Å². The van der Waals surface area contributed by atoms with Gasteiger partial charge in [-0.05, 0) is 43.5 Å². The highest BCUT2D eigenvalue weighted by molar-refractivity contribution is 5.93. The second-order valence-electron chi connectivity index (χ2n) is 6.35. The van der Waals surface area contributed by atoms with Crippen LogP contribution < -0.4 is 9.47 Å². The summed E-state index contributed by atoms with van der Waals surface area (Å²) in [6, 6.07) is 7.92. The summed E-state index contributed by atoms with van der Waals surface area (Å²) in [5.74, 6) is 1.59. The molecule has 2 aliphatic heterocycles. The minimum atomic E-state index is 0.0375. The molecule has 1 atom stereocenters. The smallest absolute Gasteiger partial charge is 0.272 e. The van der Waals surface area contributed by atoms with E-state index in [0.717, 1.165) is 42.1 Å². The van der Waals surface area contributed by atoms with Crippen LogP contribution in [0.15, 0.2) is 24.3 Å². The van der Waals surface area contributed by atoms with Gasteiger partial charge in [0.15, 0.2) is 11.5 Å². The van der Waals surface area contributed by atoms with Crippen molar-refractivity contribution in [2.75, 3.05) is 19.8 Å². The van der Waals surface area contributed by atoms with E-state index in [2.05, 4.69) is 5.10 Å². The number of carbonyl (C=O) groups is 1. The highest BCUT2D eigenvalue weighted by Crippen LogP contribution is 2.38. The van der Waals surface area contributed by atoms with Crippen molar-refractivity contribution in [2.24, 2.45) is 7.05 Å². The Bertz CT molecular complexity index is 784. The first-order chi connectivity index (χ1) is 11.6. The third-order valence-electron chi connectivity index (χ3n) is 4.69. The molecule has 4 rings (SSSR count). The van der Waals surface area contributed by atoms with Gasteiger partial charge in [-0.1, -0.05) is 6.07 Å². The van der Waals surface area contributed by atoms with Crippen molar-refractivity contribution in [3.63, 3.8) is 0 Å². The van der Waals surface area contributed by atoms with Gasteiger partial charge in [0, 0.05) is 13.6 Å². The SMILES string of the molecule is Cc1cc(C(=O)N2CCC[C@@H]2c2ccc3c(c2)OCCO3)n(C)n1. The Labute approximate surface area is 141 Å². The van der Waals surface area contributed by atoms with E-state index in [9.17, 15) is 4.79 Å². The van der Waals surface area contributed by atoms with E-state index in [0.29, 0.717) is 18.9 Å². The van der Waals surface area contributed by atoms with Crippen molar-refractivity contribution in [3.05, 3.63) is 41.2 Å². The first-order valence-electron chi connectivity index (χ1n) is 8.34. The molecule has 0 radical (unpaired) electrons. The molecule has 0 saturated carbocycles. The summed E-state index contributed by atoms with van der Waals surface area (Å²) in [5, 5.41) is 4.29. The number of aryl methyl sites for hydroxylation is 2. The number of aromatic nitrogens is 2. The molecule has 2 aromatic rings. The summed E-state index contributed by atoms with van der Waals surface area (Å²) < 4.78 is 12.9. The lowest BCUT2D eigenvalue weighted by atomic mass is 10.0. The van der Waals surface area contributed by atoms with Gasteiger partial charge in [0.25, 0.3) is 5.91 Å². The molecule has 1 aromatic heterocycles. The molecule has 0 aliphatic carbocycles. The summed E-state index contributed by atoms with van der Waals surface area (Å²) in [4.78, 5) is 14.9. The average Bonchev–Trinajstić information content (AvgIpc) is 3.20. The number of rotatable bonds is 2. The van der Waals surface area contributed by atoms with E-state index in [1.54, 1.807) is 4.68 Å². The first-order valence-corrected chi connectivity index (χ1v) is 8.34. The summed E-state index contributed by atoms with van der Waals surface area (Å²) in [5.41, 5.74) is 2.59. The summed E-state index contributed by atoms with van der Waals surface area (Å²) in [7, 11) is 1.81. The second kappa shape index (κ2) is 5.85.